The van der Waals surface area contributed by atoms with E-state index in [4.69, 9.17) is 13.9 Å². The molecule has 0 saturated carbocycles. The highest BCUT2D eigenvalue weighted by molar-refractivity contribution is 5.78. The molecule has 128 valence electrons. The van der Waals surface area contributed by atoms with Gasteiger partial charge in [-0.3, -0.25) is 4.79 Å². The summed E-state index contributed by atoms with van der Waals surface area (Å²) in [4.78, 5) is 14.2. The number of ether oxygens (including phenoxy) is 2. The van der Waals surface area contributed by atoms with Crippen LogP contribution >= 0.6 is 0 Å². The molecule has 1 aliphatic rings. The molecule has 2 heterocycles. The number of aromatic nitrogens is 2. The van der Waals surface area contributed by atoms with E-state index in [1.807, 2.05) is 24.3 Å². The molecule has 1 fully saturated rings. The third kappa shape index (κ3) is 3.73. The lowest BCUT2D eigenvalue weighted by Crippen LogP contribution is -2.45. The van der Waals surface area contributed by atoms with Gasteiger partial charge in [-0.25, -0.2) is 0 Å². The SMILES string of the molecule is CCc1ccc(OCC(=O)N2CCOCC2c2nnc(C)o2)cc1. The normalized spacial score (nSPS) is 17.8. The Kier molecular flexibility index (Phi) is 5.10. The van der Waals surface area contributed by atoms with Crippen molar-refractivity contribution in [2.45, 2.75) is 26.3 Å². The van der Waals surface area contributed by atoms with Gasteiger partial charge in [0, 0.05) is 13.5 Å². The van der Waals surface area contributed by atoms with Gasteiger partial charge < -0.3 is 18.8 Å². The monoisotopic (exact) mass is 331 g/mol. The summed E-state index contributed by atoms with van der Waals surface area (Å²) < 4.78 is 16.5. The number of carbonyl (C=O) groups excluding carboxylic acids is 1. The predicted molar refractivity (Wildman–Crippen MR) is 85.6 cm³/mol. The average molecular weight is 331 g/mol. The molecular weight excluding hydrogens is 310 g/mol. The van der Waals surface area contributed by atoms with E-state index in [1.54, 1.807) is 11.8 Å². The van der Waals surface area contributed by atoms with Gasteiger partial charge in [0.1, 0.15) is 11.8 Å². The number of nitrogens with zero attached hydrogens (tertiary/aromatic N) is 3. The fourth-order valence-corrected chi connectivity index (χ4v) is 2.60. The second kappa shape index (κ2) is 7.44. The van der Waals surface area contributed by atoms with Crippen LogP contribution in [0.2, 0.25) is 0 Å². The van der Waals surface area contributed by atoms with E-state index in [0.717, 1.165) is 6.42 Å². The Labute approximate surface area is 140 Å². The van der Waals surface area contributed by atoms with Gasteiger partial charge in [-0.1, -0.05) is 19.1 Å². The highest BCUT2D eigenvalue weighted by Gasteiger charge is 2.32. The number of rotatable bonds is 5. The molecule has 0 spiro atoms. The van der Waals surface area contributed by atoms with Crippen LogP contribution in [0.3, 0.4) is 0 Å². The van der Waals surface area contributed by atoms with Crippen molar-refractivity contribution in [1.82, 2.24) is 15.1 Å². The van der Waals surface area contributed by atoms with E-state index in [-0.39, 0.29) is 18.6 Å². The lowest BCUT2D eigenvalue weighted by molar-refractivity contribution is -0.143. The molecule has 7 heteroatoms. The third-order valence-corrected chi connectivity index (χ3v) is 3.97. The Morgan fingerprint density at radius 3 is 2.79 bits per heavy atom. The number of aryl methyl sites for hydroxylation is 2. The van der Waals surface area contributed by atoms with E-state index < -0.39 is 0 Å². The maximum absolute atomic E-state index is 12.5. The maximum atomic E-state index is 12.5. The van der Waals surface area contributed by atoms with Gasteiger partial charge in [-0.15, -0.1) is 10.2 Å². The highest BCUT2D eigenvalue weighted by atomic mass is 16.5. The summed E-state index contributed by atoms with van der Waals surface area (Å²) in [5.74, 6) is 1.42. The molecule has 2 aromatic rings. The molecule has 1 aliphatic heterocycles. The molecule has 3 rings (SSSR count). The van der Waals surface area contributed by atoms with E-state index in [0.29, 0.717) is 37.3 Å². The van der Waals surface area contributed by atoms with Crippen molar-refractivity contribution in [2.24, 2.45) is 0 Å². The lowest BCUT2D eigenvalue weighted by atomic mass is 10.2. The third-order valence-electron chi connectivity index (χ3n) is 3.97. The molecule has 0 radical (unpaired) electrons. The lowest BCUT2D eigenvalue weighted by Gasteiger charge is -2.33. The van der Waals surface area contributed by atoms with Crippen LogP contribution in [-0.4, -0.2) is 47.4 Å². The minimum atomic E-state index is -0.362. The molecule has 1 saturated heterocycles. The largest absolute Gasteiger partial charge is 0.484 e. The topological polar surface area (TPSA) is 77.7 Å². The van der Waals surface area contributed by atoms with Gasteiger partial charge in [0.15, 0.2) is 6.61 Å². The summed E-state index contributed by atoms with van der Waals surface area (Å²) in [7, 11) is 0. The summed E-state index contributed by atoms with van der Waals surface area (Å²) in [6.07, 6.45) is 0.971. The second-order valence-corrected chi connectivity index (χ2v) is 5.62. The van der Waals surface area contributed by atoms with Crippen LogP contribution < -0.4 is 4.74 Å². The Morgan fingerprint density at radius 2 is 2.12 bits per heavy atom. The molecule has 1 aromatic heterocycles. The summed E-state index contributed by atoms with van der Waals surface area (Å²) in [6.45, 7) is 5.09. The van der Waals surface area contributed by atoms with Crippen molar-refractivity contribution in [3.05, 3.63) is 41.6 Å². The second-order valence-electron chi connectivity index (χ2n) is 5.62. The van der Waals surface area contributed by atoms with Gasteiger partial charge in [0.25, 0.3) is 5.91 Å². The van der Waals surface area contributed by atoms with Gasteiger partial charge in [-0.2, -0.15) is 0 Å². The molecule has 24 heavy (non-hydrogen) atoms. The number of benzene rings is 1. The molecule has 1 atom stereocenters. The first-order chi connectivity index (χ1) is 11.7. The van der Waals surface area contributed by atoms with Gasteiger partial charge in [-0.05, 0) is 24.1 Å². The van der Waals surface area contributed by atoms with Gasteiger partial charge in [0.2, 0.25) is 11.8 Å². The fourth-order valence-electron chi connectivity index (χ4n) is 2.60. The predicted octanol–water partition coefficient (Wildman–Crippen LogP) is 1.92. The molecule has 1 unspecified atom stereocenters. The van der Waals surface area contributed by atoms with E-state index >= 15 is 0 Å². The maximum Gasteiger partial charge on any atom is 0.261 e. The molecular formula is C17H21N3O4. The van der Waals surface area contributed by atoms with Crippen molar-refractivity contribution in [1.29, 1.82) is 0 Å². The number of morpholine rings is 1. The first-order valence-electron chi connectivity index (χ1n) is 8.06. The quantitative estimate of drug-likeness (QED) is 0.833. The minimum absolute atomic E-state index is 0.0326. The summed E-state index contributed by atoms with van der Waals surface area (Å²) in [5, 5.41) is 7.83. The molecule has 1 amide bonds. The van der Waals surface area contributed by atoms with Crippen molar-refractivity contribution in [2.75, 3.05) is 26.4 Å². The van der Waals surface area contributed by atoms with Crippen molar-refractivity contribution in [3.8, 4) is 5.75 Å². The molecule has 1 aromatic carbocycles. The van der Waals surface area contributed by atoms with Crippen LogP contribution in [0.5, 0.6) is 5.75 Å². The van der Waals surface area contributed by atoms with Crippen LogP contribution in [-0.2, 0) is 16.0 Å². The van der Waals surface area contributed by atoms with Gasteiger partial charge >= 0.3 is 0 Å². The summed E-state index contributed by atoms with van der Waals surface area (Å²) in [6, 6.07) is 7.39. The van der Waals surface area contributed by atoms with Crippen LogP contribution in [0, 0.1) is 6.92 Å². The standard InChI is InChI=1S/C17H21N3O4/c1-3-13-4-6-14(7-5-13)23-11-16(21)20-8-9-22-10-15(20)17-19-18-12(2)24-17/h4-7,15H,3,8-11H2,1-2H3. The van der Waals surface area contributed by atoms with Crippen LogP contribution in [0.15, 0.2) is 28.7 Å². The zero-order valence-corrected chi connectivity index (χ0v) is 13.9. The molecule has 0 aliphatic carbocycles. The average Bonchev–Trinajstić information content (AvgIpc) is 3.06. The van der Waals surface area contributed by atoms with Crippen LogP contribution in [0.4, 0.5) is 0 Å². The number of hydrogen-bond acceptors (Lipinski definition) is 6. The number of amides is 1. The highest BCUT2D eigenvalue weighted by Crippen LogP contribution is 2.23. The summed E-state index contributed by atoms with van der Waals surface area (Å²) in [5.41, 5.74) is 1.23. The first-order valence-corrected chi connectivity index (χ1v) is 8.06. The van der Waals surface area contributed by atoms with Crippen LogP contribution in [0.1, 0.15) is 30.3 Å². The molecule has 0 N–H and O–H groups in total. The number of hydrogen-bond donors (Lipinski definition) is 0. The Morgan fingerprint density at radius 1 is 1.33 bits per heavy atom. The van der Waals surface area contributed by atoms with Gasteiger partial charge in [0.05, 0.1) is 13.2 Å². The van der Waals surface area contributed by atoms with Crippen molar-refractivity contribution in [3.63, 3.8) is 0 Å². The van der Waals surface area contributed by atoms with Crippen molar-refractivity contribution >= 4 is 5.91 Å². The van der Waals surface area contributed by atoms with E-state index in [1.165, 1.54) is 5.56 Å². The Hall–Kier alpha value is -2.41. The zero-order chi connectivity index (χ0) is 16.9. The van der Waals surface area contributed by atoms with E-state index in [9.17, 15) is 4.79 Å². The van der Waals surface area contributed by atoms with Crippen molar-refractivity contribution < 1.29 is 18.7 Å². The first kappa shape index (κ1) is 16.4. The smallest absolute Gasteiger partial charge is 0.261 e. The Bertz CT molecular complexity index is 683. The minimum Gasteiger partial charge on any atom is -0.484 e. The zero-order valence-electron chi connectivity index (χ0n) is 13.9. The molecule has 0 bridgehead atoms. The van der Waals surface area contributed by atoms with Crippen LogP contribution in [0.25, 0.3) is 0 Å². The Balaban J connectivity index is 1.63. The van der Waals surface area contributed by atoms with E-state index in [2.05, 4.69) is 17.1 Å². The fraction of sp³-hybridized carbons (Fsp3) is 0.471. The molecule has 7 nitrogen and oxygen atoms in total. The number of carbonyl (C=O) groups is 1. The summed E-state index contributed by atoms with van der Waals surface area (Å²) >= 11 is 0.